The minimum Gasteiger partial charge on any atom is -0.378 e. The smallest absolute Gasteiger partial charge is 0.272 e. The Balaban J connectivity index is 1.48. The van der Waals surface area contributed by atoms with Crippen molar-refractivity contribution >= 4 is 5.91 Å². The van der Waals surface area contributed by atoms with Crippen LogP contribution in [0.1, 0.15) is 54.3 Å². The van der Waals surface area contributed by atoms with Crippen LogP contribution in [0.3, 0.4) is 0 Å². The molecule has 1 aromatic heterocycles. The molecule has 2 saturated heterocycles. The van der Waals surface area contributed by atoms with Crippen LogP contribution in [-0.2, 0) is 4.74 Å². The van der Waals surface area contributed by atoms with E-state index in [1.54, 1.807) is 12.3 Å². The topological polar surface area (TPSA) is 55.3 Å². The van der Waals surface area contributed by atoms with E-state index in [0.717, 1.165) is 51.2 Å². The van der Waals surface area contributed by atoms with Crippen LogP contribution in [0.5, 0.6) is 0 Å². The first kappa shape index (κ1) is 13.2. The molecule has 4 rings (SSSR count). The normalized spacial score (nSPS) is 29.0. The standard InChI is InChI=1S/C16H21N3O2/c20-16(13-5-7-17-15(18-13)11-3-4-11)19-8-6-14-12(10-19)2-1-9-21-14/h5,7,11-12,14H,1-4,6,8-10H2/t12-,14+/m0/s1. The van der Waals surface area contributed by atoms with Crippen molar-refractivity contribution in [1.82, 2.24) is 14.9 Å². The molecule has 3 heterocycles. The number of fused-ring (bicyclic) bond motifs is 1. The summed E-state index contributed by atoms with van der Waals surface area (Å²) in [6.07, 6.45) is 7.63. The van der Waals surface area contributed by atoms with E-state index in [4.69, 9.17) is 4.74 Å². The molecule has 2 atom stereocenters. The second kappa shape index (κ2) is 5.37. The van der Waals surface area contributed by atoms with Crippen LogP contribution >= 0.6 is 0 Å². The molecule has 5 heteroatoms. The summed E-state index contributed by atoms with van der Waals surface area (Å²) in [7, 11) is 0. The highest BCUT2D eigenvalue weighted by Gasteiger charge is 2.35. The number of carbonyl (C=O) groups excluding carboxylic acids is 1. The number of ether oxygens (including phenoxy) is 1. The predicted molar refractivity (Wildman–Crippen MR) is 77.0 cm³/mol. The lowest BCUT2D eigenvalue weighted by Crippen LogP contribution is -2.48. The van der Waals surface area contributed by atoms with E-state index in [1.165, 1.54) is 6.42 Å². The number of nitrogens with zero attached hydrogens (tertiary/aromatic N) is 3. The molecule has 0 radical (unpaired) electrons. The Morgan fingerprint density at radius 3 is 3.05 bits per heavy atom. The molecule has 0 spiro atoms. The molecule has 21 heavy (non-hydrogen) atoms. The number of carbonyl (C=O) groups is 1. The van der Waals surface area contributed by atoms with Crippen LogP contribution in [0.25, 0.3) is 0 Å². The van der Waals surface area contributed by atoms with E-state index in [2.05, 4.69) is 9.97 Å². The molecule has 1 aliphatic carbocycles. The average Bonchev–Trinajstić information content (AvgIpc) is 3.39. The van der Waals surface area contributed by atoms with Crippen LogP contribution in [0, 0.1) is 5.92 Å². The average molecular weight is 287 g/mol. The summed E-state index contributed by atoms with van der Waals surface area (Å²) in [6.45, 7) is 2.47. The van der Waals surface area contributed by atoms with Crippen molar-refractivity contribution in [2.45, 2.75) is 44.1 Å². The highest BCUT2D eigenvalue weighted by atomic mass is 16.5. The first-order valence-corrected chi connectivity index (χ1v) is 8.05. The monoisotopic (exact) mass is 287 g/mol. The summed E-state index contributed by atoms with van der Waals surface area (Å²) in [4.78, 5) is 23.4. The van der Waals surface area contributed by atoms with E-state index >= 15 is 0 Å². The van der Waals surface area contributed by atoms with Crippen molar-refractivity contribution in [3.63, 3.8) is 0 Å². The molecule has 1 aromatic rings. The third kappa shape index (κ3) is 2.67. The summed E-state index contributed by atoms with van der Waals surface area (Å²) in [6, 6.07) is 1.75. The van der Waals surface area contributed by atoms with E-state index in [9.17, 15) is 4.79 Å². The summed E-state index contributed by atoms with van der Waals surface area (Å²) in [5.74, 6) is 1.89. The van der Waals surface area contributed by atoms with Gasteiger partial charge in [-0.25, -0.2) is 9.97 Å². The molecule has 3 fully saturated rings. The first-order chi connectivity index (χ1) is 10.3. The van der Waals surface area contributed by atoms with Gasteiger partial charge in [0.15, 0.2) is 0 Å². The number of amides is 1. The van der Waals surface area contributed by atoms with Gasteiger partial charge in [0.25, 0.3) is 5.91 Å². The number of likely N-dealkylation sites (tertiary alicyclic amines) is 1. The van der Waals surface area contributed by atoms with Gasteiger partial charge in [-0.3, -0.25) is 4.79 Å². The molecule has 2 aliphatic heterocycles. The van der Waals surface area contributed by atoms with Gasteiger partial charge in [-0.15, -0.1) is 0 Å². The Labute approximate surface area is 124 Å². The molecule has 1 saturated carbocycles. The third-order valence-electron chi connectivity index (χ3n) is 4.84. The molecule has 0 N–H and O–H groups in total. The Kier molecular flexibility index (Phi) is 3.37. The van der Waals surface area contributed by atoms with Crippen LogP contribution < -0.4 is 0 Å². The Morgan fingerprint density at radius 1 is 1.29 bits per heavy atom. The maximum Gasteiger partial charge on any atom is 0.272 e. The largest absolute Gasteiger partial charge is 0.378 e. The van der Waals surface area contributed by atoms with Gasteiger partial charge in [0, 0.05) is 37.7 Å². The van der Waals surface area contributed by atoms with Crippen molar-refractivity contribution in [1.29, 1.82) is 0 Å². The minimum absolute atomic E-state index is 0.0586. The maximum absolute atomic E-state index is 12.7. The lowest BCUT2D eigenvalue weighted by atomic mass is 9.88. The second-order valence-electron chi connectivity index (χ2n) is 6.43. The van der Waals surface area contributed by atoms with Gasteiger partial charge >= 0.3 is 0 Å². The van der Waals surface area contributed by atoms with Gasteiger partial charge in [-0.2, -0.15) is 0 Å². The van der Waals surface area contributed by atoms with E-state index in [0.29, 0.717) is 23.6 Å². The fourth-order valence-electron chi connectivity index (χ4n) is 3.47. The van der Waals surface area contributed by atoms with Crippen molar-refractivity contribution < 1.29 is 9.53 Å². The van der Waals surface area contributed by atoms with Crippen LogP contribution in [0.4, 0.5) is 0 Å². The van der Waals surface area contributed by atoms with Crippen molar-refractivity contribution in [2.75, 3.05) is 19.7 Å². The van der Waals surface area contributed by atoms with E-state index in [1.807, 2.05) is 4.90 Å². The van der Waals surface area contributed by atoms with Crippen LogP contribution in [0.2, 0.25) is 0 Å². The molecule has 0 bridgehead atoms. The Hall–Kier alpha value is -1.49. The predicted octanol–water partition coefficient (Wildman–Crippen LogP) is 2.00. The van der Waals surface area contributed by atoms with Gasteiger partial charge in [-0.1, -0.05) is 0 Å². The zero-order chi connectivity index (χ0) is 14.2. The van der Waals surface area contributed by atoms with Crippen LogP contribution in [-0.4, -0.2) is 46.6 Å². The van der Waals surface area contributed by atoms with Crippen molar-refractivity contribution in [3.05, 3.63) is 23.8 Å². The Bertz CT molecular complexity index is 544. The van der Waals surface area contributed by atoms with Gasteiger partial charge in [0.1, 0.15) is 11.5 Å². The molecule has 5 nitrogen and oxygen atoms in total. The first-order valence-electron chi connectivity index (χ1n) is 8.05. The Morgan fingerprint density at radius 2 is 2.19 bits per heavy atom. The highest BCUT2D eigenvalue weighted by molar-refractivity contribution is 5.92. The lowest BCUT2D eigenvalue weighted by molar-refractivity contribution is -0.0607. The third-order valence-corrected chi connectivity index (χ3v) is 4.84. The zero-order valence-electron chi connectivity index (χ0n) is 12.2. The highest BCUT2D eigenvalue weighted by Crippen LogP contribution is 2.37. The number of hydrogen-bond acceptors (Lipinski definition) is 4. The molecule has 112 valence electrons. The summed E-state index contributed by atoms with van der Waals surface area (Å²) < 4.78 is 5.81. The number of rotatable bonds is 2. The van der Waals surface area contributed by atoms with E-state index < -0.39 is 0 Å². The van der Waals surface area contributed by atoms with Crippen LogP contribution in [0.15, 0.2) is 12.3 Å². The van der Waals surface area contributed by atoms with E-state index in [-0.39, 0.29) is 5.91 Å². The van der Waals surface area contributed by atoms with Gasteiger partial charge < -0.3 is 9.64 Å². The van der Waals surface area contributed by atoms with Crippen molar-refractivity contribution in [2.24, 2.45) is 5.92 Å². The van der Waals surface area contributed by atoms with Gasteiger partial charge in [-0.05, 0) is 38.2 Å². The molecule has 0 aromatic carbocycles. The van der Waals surface area contributed by atoms with Gasteiger partial charge in [0.05, 0.1) is 6.10 Å². The molecular weight excluding hydrogens is 266 g/mol. The lowest BCUT2D eigenvalue weighted by Gasteiger charge is -2.40. The fourth-order valence-corrected chi connectivity index (χ4v) is 3.47. The molecular formula is C16H21N3O2. The second-order valence-corrected chi connectivity index (χ2v) is 6.43. The van der Waals surface area contributed by atoms with Crippen molar-refractivity contribution in [3.8, 4) is 0 Å². The van der Waals surface area contributed by atoms with Gasteiger partial charge in [0.2, 0.25) is 0 Å². The summed E-state index contributed by atoms with van der Waals surface area (Å²) in [5, 5.41) is 0. The molecule has 1 amide bonds. The number of hydrogen-bond donors (Lipinski definition) is 0. The quantitative estimate of drug-likeness (QED) is 0.835. The minimum atomic E-state index is 0.0586. The maximum atomic E-state index is 12.7. The molecule has 0 unspecified atom stereocenters. The SMILES string of the molecule is O=C(c1ccnc(C2CC2)n1)N1CC[C@H]2OCCC[C@H]2C1. The molecule has 3 aliphatic rings. The fraction of sp³-hybridized carbons (Fsp3) is 0.688. The summed E-state index contributed by atoms with van der Waals surface area (Å²) in [5.41, 5.74) is 0.557. The summed E-state index contributed by atoms with van der Waals surface area (Å²) >= 11 is 0. The number of piperidine rings is 1. The number of aromatic nitrogens is 2. The zero-order valence-corrected chi connectivity index (χ0v) is 12.2.